The van der Waals surface area contributed by atoms with Gasteiger partial charge >= 0.3 is 0 Å². The van der Waals surface area contributed by atoms with E-state index in [1.807, 2.05) is 18.2 Å². The highest BCUT2D eigenvalue weighted by molar-refractivity contribution is 5.77. The number of aromatic nitrogens is 2. The Hall–Kier alpha value is -3.15. The van der Waals surface area contributed by atoms with Gasteiger partial charge < -0.3 is 14.5 Å². The van der Waals surface area contributed by atoms with E-state index in [4.69, 9.17) is 9.15 Å². The second-order valence-corrected chi connectivity index (χ2v) is 5.67. The highest BCUT2D eigenvalue weighted by atomic mass is 16.5. The molecule has 0 aliphatic rings. The molecule has 3 aromatic rings. The van der Waals surface area contributed by atoms with Gasteiger partial charge in [0.1, 0.15) is 5.75 Å². The first-order chi connectivity index (χ1) is 12.2. The predicted octanol–water partition coefficient (Wildman–Crippen LogP) is 3.04. The highest BCUT2D eigenvalue weighted by Crippen LogP contribution is 2.20. The number of amides is 1. The topological polar surface area (TPSA) is 77.2 Å². The van der Waals surface area contributed by atoms with Crippen LogP contribution in [0.15, 0.2) is 65.4 Å². The van der Waals surface area contributed by atoms with E-state index in [2.05, 4.69) is 34.6 Å². The quantitative estimate of drug-likeness (QED) is 0.717. The third-order valence-electron chi connectivity index (χ3n) is 3.81. The minimum Gasteiger partial charge on any atom is -0.484 e. The van der Waals surface area contributed by atoms with Gasteiger partial charge in [0.05, 0.1) is 0 Å². The number of hydrogen-bond donors (Lipinski definition) is 1. The number of hydrogen-bond acceptors (Lipinski definition) is 5. The molecule has 1 heterocycles. The van der Waals surface area contributed by atoms with Crippen molar-refractivity contribution in [1.29, 1.82) is 0 Å². The normalized spacial score (nSPS) is 11.7. The van der Waals surface area contributed by atoms with E-state index in [9.17, 15) is 4.79 Å². The summed E-state index contributed by atoms with van der Waals surface area (Å²) in [6.07, 6.45) is 1.28. The van der Waals surface area contributed by atoms with Gasteiger partial charge in [-0.15, -0.1) is 10.2 Å². The van der Waals surface area contributed by atoms with Crippen LogP contribution in [0, 0.1) is 0 Å². The molecule has 1 atom stereocenters. The molecule has 0 aliphatic carbocycles. The first kappa shape index (κ1) is 16.7. The number of rotatable bonds is 7. The van der Waals surface area contributed by atoms with Crippen molar-refractivity contribution in [3.8, 4) is 17.2 Å². The molecule has 6 nitrogen and oxygen atoms in total. The van der Waals surface area contributed by atoms with Crippen molar-refractivity contribution in [2.24, 2.45) is 0 Å². The second kappa shape index (κ2) is 8.10. The smallest absolute Gasteiger partial charge is 0.257 e. The van der Waals surface area contributed by atoms with Crippen LogP contribution in [0.5, 0.6) is 5.75 Å². The summed E-state index contributed by atoms with van der Waals surface area (Å²) in [6.45, 7) is 2.62. The van der Waals surface area contributed by atoms with Gasteiger partial charge in [0.25, 0.3) is 5.91 Å². The zero-order valence-corrected chi connectivity index (χ0v) is 13.9. The third kappa shape index (κ3) is 4.67. The van der Waals surface area contributed by atoms with E-state index < -0.39 is 0 Å². The molecule has 1 N–H and O–H groups in total. The van der Waals surface area contributed by atoms with Crippen molar-refractivity contribution in [3.63, 3.8) is 0 Å². The van der Waals surface area contributed by atoms with E-state index in [1.165, 1.54) is 12.0 Å². The molecule has 6 heteroatoms. The fourth-order valence-electron chi connectivity index (χ4n) is 2.36. The first-order valence-electron chi connectivity index (χ1n) is 8.03. The molecule has 128 valence electrons. The maximum absolute atomic E-state index is 11.9. The van der Waals surface area contributed by atoms with Crippen LogP contribution in [-0.2, 0) is 4.79 Å². The minimum atomic E-state index is -0.149. The van der Waals surface area contributed by atoms with E-state index >= 15 is 0 Å². The van der Waals surface area contributed by atoms with Crippen LogP contribution in [0.25, 0.3) is 11.5 Å². The molecular weight excluding hydrogens is 318 g/mol. The minimum absolute atomic E-state index is 0.0264. The van der Waals surface area contributed by atoms with Crippen LogP contribution in [0.3, 0.4) is 0 Å². The van der Waals surface area contributed by atoms with Gasteiger partial charge in [0.15, 0.2) is 6.61 Å². The van der Waals surface area contributed by atoms with E-state index in [0.29, 0.717) is 18.2 Å². The molecule has 1 aromatic heterocycles. The van der Waals surface area contributed by atoms with Crippen LogP contribution in [-0.4, -0.2) is 29.3 Å². The Bertz CT molecular complexity index is 787. The van der Waals surface area contributed by atoms with Gasteiger partial charge in [0.2, 0.25) is 12.3 Å². The summed E-state index contributed by atoms with van der Waals surface area (Å²) in [6, 6.07) is 17.2. The lowest BCUT2D eigenvalue weighted by atomic mass is 10.0. The molecule has 25 heavy (non-hydrogen) atoms. The van der Waals surface area contributed by atoms with Gasteiger partial charge in [-0.2, -0.15) is 0 Å². The van der Waals surface area contributed by atoms with Crippen molar-refractivity contribution in [2.45, 2.75) is 12.8 Å². The molecule has 0 bridgehead atoms. The van der Waals surface area contributed by atoms with Gasteiger partial charge in [-0.05, 0) is 35.7 Å². The molecule has 0 saturated carbocycles. The summed E-state index contributed by atoms with van der Waals surface area (Å²) in [5.74, 6) is 1.15. The molecule has 0 fully saturated rings. The van der Waals surface area contributed by atoms with Crippen molar-refractivity contribution in [1.82, 2.24) is 15.5 Å². The SMILES string of the molecule is C[C@@H](CNC(=O)COc1ccc(-c2nnco2)cc1)c1ccccc1. The summed E-state index contributed by atoms with van der Waals surface area (Å²) in [7, 11) is 0. The molecule has 0 aliphatic heterocycles. The Kier molecular flexibility index (Phi) is 5.41. The average molecular weight is 337 g/mol. The van der Waals surface area contributed by atoms with Crippen molar-refractivity contribution in [3.05, 3.63) is 66.6 Å². The number of carbonyl (C=O) groups excluding carboxylic acids is 1. The van der Waals surface area contributed by atoms with Crippen LogP contribution in [0.2, 0.25) is 0 Å². The highest BCUT2D eigenvalue weighted by Gasteiger charge is 2.09. The lowest BCUT2D eigenvalue weighted by Crippen LogP contribution is -2.31. The van der Waals surface area contributed by atoms with Gasteiger partial charge in [-0.3, -0.25) is 4.79 Å². The molecule has 0 saturated heterocycles. The number of benzene rings is 2. The number of carbonyl (C=O) groups is 1. The molecule has 0 radical (unpaired) electrons. The zero-order valence-electron chi connectivity index (χ0n) is 13.9. The lowest BCUT2D eigenvalue weighted by Gasteiger charge is -2.13. The number of nitrogens with one attached hydrogen (secondary N) is 1. The number of ether oxygens (including phenoxy) is 1. The van der Waals surface area contributed by atoms with E-state index in [0.717, 1.165) is 5.56 Å². The summed E-state index contributed by atoms with van der Waals surface area (Å²) in [5, 5.41) is 10.4. The maximum atomic E-state index is 11.9. The molecule has 2 aromatic carbocycles. The maximum Gasteiger partial charge on any atom is 0.257 e. The van der Waals surface area contributed by atoms with E-state index in [1.54, 1.807) is 24.3 Å². The lowest BCUT2D eigenvalue weighted by molar-refractivity contribution is -0.123. The second-order valence-electron chi connectivity index (χ2n) is 5.67. The molecule has 1 amide bonds. The Balaban J connectivity index is 1.44. The Morgan fingerprint density at radius 1 is 1.16 bits per heavy atom. The summed E-state index contributed by atoms with van der Waals surface area (Å²) >= 11 is 0. The fourth-order valence-corrected chi connectivity index (χ4v) is 2.36. The molecule has 0 spiro atoms. The summed E-state index contributed by atoms with van der Waals surface area (Å²) in [5.41, 5.74) is 1.99. The Morgan fingerprint density at radius 2 is 1.92 bits per heavy atom. The predicted molar refractivity (Wildman–Crippen MR) is 93.1 cm³/mol. The largest absolute Gasteiger partial charge is 0.484 e. The monoisotopic (exact) mass is 337 g/mol. The standard InChI is InChI=1S/C19H19N3O3/c1-14(15-5-3-2-4-6-15)11-20-18(23)12-24-17-9-7-16(8-10-17)19-22-21-13-25-19/h2-10,13-14H,11-12H2,1H3,(H,20,23)/t14-/m0/s1. The van der Waals surface area contributed by atoms with Crippen LogP contribution in [0.1, 0.15) is 18.4 Å². The Morgan fingerprint density at radius 3 is 2.60 bits per heavy atom. The molecular formula is C19H19N3O3. The van der Waals surface area contributed by atoms with Crippen molar-refractivity contribution < 1.29 is 13.9 Å². The first-order valence-corrected chi connectivity index (χ1v) is 8.03. The fraction of sp³-hybridized carbons (Fsp3) is 0.211. The third-order valence-corrected chi connectivity index (χ3v) is 3.81. The van der Waals surface area contributed by atoms with Crippen LogP contribution in [0.4, 0.5) is 0 Å². The van der Waals surface area contributed by atoms with E-state index in [-0.39, 0.29) is 18.4 Å². The van der Waals surface area contributed by atoms with Crippen LogP contribution < -0.4 is 10.1 Å². The van der Waals surface area contributed by atoms with Gasteiger partial charge in [0, 0.05) is 12.1 Å². The summed E-state index contributed by atoms with van der Waals surface area (Å²) in [4.78, 5) is 11.9. The van der Waals surface area contributed by atoms with Crippen molar-refractivity contribution in [2.75, 3.05) is 13.2 Å². The van der Waals surface area contributed by atoms with Gasteiger partial charge in [-0.1, -0.05) is 37.3 Å². The van der Waals surface area contributed by atoms with Gasteiger partial charge in [-0.25, -0.2) is 0 Å². The van der Waals surface area contributed by atoms with Crippen LogP contribution >= 0.6 is 0 Å². The zero-order chi connectivity index (χ0) is 17.5. The van der Waals surface area contributed by atoms with Crippen molar-refractivity contribution >= 4 is 5.91 Å². The molecule has 0 unspecified atom stereocenters. The summed E-state index contributed by atoms with van der Waals surface area (Å²) < 4.78 is 10.6. The number of nitrogens with zero attached hydrogens (tertiary/aromatic N) is 2. The Labute approximate surface area is 145 Å². The molecule has 3 rings (SSSR count). The average Bonchev–Trinajstić information content (AvgIpc) is 3.20.